The summed E-state index contributed by atoms with van der Waals surface area (Å²) in [5, 5.41) is 22.4. The zero-order valence-corrected chi connectivity index (χ0v) is 30.9. The normalized spacial score (nSPS) is 11.8. The number of carboxylic acids is 2. The SMILES string of the molecule is CCOc1cc(CC)cc(C(Nc2ccc3c(N)nccc3c2)c2nc(-c3ccccc3)cn2CC(=O)NC(C)C)c1F.O=C(O)C(F)(F)F.O=C(O)C(F)(F)F. The summed E-state index contributed by atoms with van der Waals surface area (Å²) in [5.41, 5.74) is 9.67. The van der Waals surface area contributed by atoms with Gasteiger partial charge in [0.25, 0.3) is 0 Å². The highest BCUT2D eigenvalue weighted by molar-refractivity contribution is 5.93. The molecule has 0 bridgehead atoms. The van der Waals surface area contributed by atoms with Crippen LogP contribution >= 0.6 is 0 Å². The van der Waals surface area contributed by atoms with Gasteiger partial charge in [-0.1, -0.05) is 43.3 Å². The number of benzene rings is 3. The molecule has 306 valence electrons. The third kappa shape index (κ3) is 12.8. The molecule has 0 radical (unpaired) electrons. The van der Waals surface area contributed by atoms with Crippen LogP contribution in [0.3, 0.4) is 0 Å². The van der Waals surface area contributed by atoms with Crippen molar-refractivity contribution in [3.8, 4) is 17.0 Å². The minimum absolute atomic E-state index is 0.0128. The van der Waals surface area contributed by atoms with Crippen LogP contribution in [0.2, 0.25) is 0 Å². The largest absolute Gasteiger partial charge is 0.491 e. The van der Waals surface area contributed by atoms with Gasteiger partial charge in [-0.3, -0.25) is 4.79 Å². The second-order valence-corrected chi connectivity index (χ2v) is 12.3. The first-order chi connectivity index (χ1) is 26.7. The first-order valence-electron chi connectivity index (χ1n) is 17.0. The van der Waals surface area contributed by atoms with Crippen molar-refractivity contribution in [3.63, 3.8) is 0 Å². The summed E-state index contributed by atoms with van der Waals surface area (Å²) in [6.07, 6.45) is -5.98. The average molecular weight is 809 g/mol. The molecule has 2 aromatic heterocycles. The Morgan fingerprint density at radius 1 is 0.912 bits per heavy atom. The van der Waals surface area contributed by atoms with E-state index >= 15 is 4.39 Å². The molecule has 3 aromatic carbocycles. The van der Waals surface area contributed by atoms with Crippen molar-refractivity contribution in [1.82, 2.24) is 19.9 Å². The van der Waals surface area contributed by atoms with Crippen LogP contribution < -0.4 is 21.1 Å². The molecule has 0 saturated carbocycles. The molecule has 0 aliphatic rings. The molecule has 1 amide bonds. The molecule has 0 aliphatic carbocycles. The maximum absolute atomic E-state index is 16.3. The molecule has 1 unspecified atom stereocenters. The Morgan fingerprint density at radius 3 is 2.07 bits per heavy atom. The van der Waals surface area contributed by atoms with Gasteiger partial charge in [-0.15, -0.1) is 0 Å². The third-order valence-electron chi connectivity index (χ3n) is 7.64. The van der Waals surface area contributed by atoms with Crippen LogP contribution in [-0.2, 0) is 27.3 Å². The highest BCUT2D eigenvalue weighted by atomic mass is 19.4. The number of alkyl halides is 6. The van der Waals surface area contributed by atoms with E-state index < -0.39 is 36.2 Å². The predicted molar refractivity (Wildman–Crippen MR) is 197 cm³/mol. The van der Waals surface area contributed by atoms with Gasteiger partial charge >= 0.3 is 24.3 Å². The van der Waals surface area contributed by atoms with Gasteiger partial charge in [-0.05, 0) is 68.5 Å². The minimum Gasteiger partial charge on any atom is -0.491 e. The van der Waals surface area contributed by atoms with Crippen LogP contribution in [0.4, 0.5) is 42.2 Å². The fourth-order valence-electron chi connectivity index (χ4n) is 5.15. The fraction of sp³-hybridized carbons (Fsp3) is 0.289. The Kier molecular flexibility index (Phi) is 15.4. The number of fused-ring (bicyclic) bond motifs is 1. The molecule has 6 N–H and O–H groups in total. The molecular formula is C38H39F7N6O6. The molecule has 5 aromatic rings. The summed E-state index contributed by atoms with van der Waals surface area (Å²) in [6.45, 7) is 8.00. The van der Waals surface area contributed by atoms with Crippen molar-refractivity contribution in [2.45, 2.75) is 65.1 Å². The smallest absolute Gasteiger partial charge is 0.490 e. The lowest BCUT2D eigenvalue weighted by Crippen LogP contribution is -2.34. The number of aliphatic carboxylic acids is 2. The van der Waals surface area contributed by atoms with Crippen LogP contribution in [0.25, 0.3) is 22.0 Å². The average Bonchev–Trinajstić information content (AvgIpc) is 3.54. The first-order valence-corrected chi connectivity index (χ1v) is 17.0. The number of halogens is 7. The number of anilines is 2. The van der Waals surface area contributed by atoms with Gasteiger partial charge in [0.15, 0.2) is 11.6 Å². The number of ether oxygens (including phenoxy) is 1. The van der Waals surface area contributed by atoms with E-state index in [4.69, 9.17) is 35.3 Å². The second-order valence-electron chi connectivity index (χ2n) is 12.3. The molecule has 19 heteroatoms. The fourth-order valence-corrected chi connectivity index (χ4v) is 5.15. The summed E-state index contributed by atoms with van der Waals surface area (Å²) in [5.74, 6) is -5.06. The molecule has 57 heavy (non-hydrogen) atoms. The van der Waals surface area contributed by atoms with Gasteiger partial charge in [0, 0.05) is 40.6 Å². The van der Waals surface area contributed by atoms with Crippen molar-refractivity contribution >= 4 is 40.1 Å². The highest BCUT2D eigenvalue weighted by Crippen LogP contribution is 2.36. The molecule has 0 spiro atoms. The van der Waals surface area contributed by atoms with Gasteiger partial charge in [0.2, 0.25) is 5.91 Å². The maximum Gasteiger partial charge on any atom is 0.490 e. The molecule has 0 aliphatic heterocycles. The second kappa shape index (κ2) is 19.5. The van der Waals surface area contributed by atoms with E-state index in [0.717, 1.165) is 27.6 Å². The van der Waals surface area contributed by atoms with Crippen LogP contribution in [0.1, 0.15) is 50.7 Å². The quantitative estimate of drug-likeness (QED) is 0.0827. The summed E-state index contributed by atoms with van der Waals surface area (Å²) >= 11 is 0. The highest BCUT2D eigenvalue weighted by Gasteiger charge is 2.39. The van der Waals surface area contributed by atoms with E-state index in [1.807, 2.05) is 94.6 Å². The van der Waals surface area contributed by atoms with Gasteiger partial charge in [0.05, 0.1) is 12.3 Å². The van der Waals surface area contributed by atoms with Gasteiger partial charge < -0.3 is 35.9 Å². The number of carbonyl (C=O) groups excluding carboxylic acids is 1. The predicted octanol–water partition coefficient (Wildman–Crippen LogP) is 7.77. The van der Waals surface area contributed by atoms with Crippen molar-refractivity contribution in [2.24, 2.45) is 0 Å². The van der Waals surface area contributed by atoms with Crippen molar-refractivity contribution in [2.75, 3.05) is 17.7 Å². The Morgan fingerprint density at radius 2 is 1.53 bits per heavy atom. The Labute approximate surface area is 321 Å². The number of hydrogen-bond acceptors (Lipinski definition) is 8. The summed E-state index contributed by atoms with van der Waals surface area (Å²) in [4.78, 5) is 40.0. The zero-order chi connectivity index (χ0) is 42.7. The number of carboxylic acid groups (broad SMARTS) is 2. The van der Waals surface area contributed by atoms with Crippen molar-refractivity contribution in [1.29, 1.82) is 0 Å². The number of amides is 1. The Bertz CT molecular complexity index is 2130. The summed E-state index contributed by atoms with van der Waals surface area (Å²) in [7, 11) is 0. The number of aromatic nitrogens is 3. The van der Waals surface area contributed by atoms with Crippen molar-refractivity contribution < 1.29 is 60.1 Å². The van der Waals surface area contributed by atoms with Gasteiger partial charge in [-0.2, -0.15) is 26.3 Å². The number of nitrogens with zero attached hydrogens (tertiary/aromatic N) is 3. The Balaban J connectivity index is 0.000000531. The molecule has 5 rings (SSSR count). The molecule has 2 heterocycles. The van der Waals surface area contributed by atoms with Crippen LogP contribution in [0, 0.1) is 5.82 Å². The van der Waals surface area contributed by atoms with E-state index in [1.165, 1.54) is 0 Å². The van der Waals surface area contributed by atoms with Crippen LogP contribution in [-0.4, -0.2) is 67.6 Å². The lowest BCUT2D eigenvalue weighted by atomic mass is 9.99. The number of imidazole rings is 1. The lowest BCUT2D eigenvalue weighted by molar-refractivity contribution is -0.193. The molecular weight excluding hydrogens is 769 g/mol. The lowest BCUT2D eigenvalue weighted by Gasteiger charge is -2.24. The minimum atomic E-state index is -5.08. The van der Waals surface area contributed by atoms with Crippen LogP contribution in [0.5, 0.6) is 5.75 Å². The zero-order valence-electron chi connectivity index (χ0n) is 30.9. The van der Waals surface area contributed by atoms with E-state index in [2.05, 4.69) is 15.6 Å². The topological polar surface area (TPSA) is 182 Å². The van der Waals surface area contributed by atoms with Gasteiger partial charge in [0.1, 0.15) is 24.2 Å². The summed E-state index contributed by atoms with van der Waals surface area (Å²) < 4.78 is 87.3. The Hall–Kier alpha value is -6.40. The molecule has 12 nitrogen and oxygen atoms in total. The third-order valence-corrected chi connectivity index (χ3v) is 7.64. The van der Waals surface area contributed by atoms with E-state index in [0.29, 0.717) is 35.9 Å². The summed E-state index contributed by atoms with van der Waals surface area (Å²) in [6, 6.07) is 20.1. The number of nitrogens with two attached hydrogens (primary N) is 1. The van der Waals surface area contributed by atoms with Crippen LogP contribution in [0.15, 0.2) is 79.1 Å². The van der Waals surface area contributed by atoms with E-state index in [1.54, 1.807) is 16.8 Å². The number of aryl methyl sites for hydroxylation is 1. The number of hydrogen-bond donors (Lipinski definition) is 5. The standard InChI is InChI=1S/C34H37FN6O2.2C2HF3O2/c1-5-22-16-27(31(35)29(17-22)43-6-2)32(39-25-12-13-26-24(18-25)14-15-37-33(26)36)34-40-28(23-10-8-7-9-11-23)19-41(34)20-30(42)38-21(3)4;2*3-2(4,5)1(6)7/h7-19,21,32,39H,5-6,20H2,1-4H3,(H2,36,37)(H,38,42);2*(H,6,7). The van der Waals surface area contributed by atoms with Gasteiger partial charge in [-0.25, -0.2) is 23.9 Å². The number of carbonyl (C=O) groups is 3. The maximum atomic E-state index is 16.3. The molecule has 0 fully saturated rings. The number of nitrogens with one attached hydrogen (secondary N) is 2. The van der Waals surface area contributed by atoms with E-state index in [-0.39, 0.29) is 24.2 Å². The van der Waals surface area contributed by atoms with Crippen molar-refractivity contribution in [3.05, 3.63) is 102 Å². The molecule has 1 atom stereocenters. The number of nitrogen functional groups attached to an aromatic ring is 1. The monoisotopic (exact) mass is 808 g/mol. The first kappa shape index (κ1) is 45.0. The number of pyridine rings is 1. The van der Waals surface area contributed by atoms with E-state index in [9.17, 15) is 31.1 Å². The number of rotatable bonds is 11. The molecule has 0 saturated heterocycles.